The summed E-state index contributed by atoms with van der Waals surface area (Å²) in [6, 6.07) is 17.9. The number of carbonyl (C=O) groups excluding carboxylic acids is 1. The van der Waals surface area contributed by atoms with E-state index in [-0.39, 0.29) is 11.3 Å². The molecule has 0 atom stereocenters. The molecule has 0 saturated carbocycles. The second kappa shape index (κ2) is 7.45. The van der Waals surface area contributed by atoms with Gasteiger partial charge in [-0.25, -0.2) is 0 Å². The Morgan fingerprint density at radius 1 is 1.00 bits per heavy atom. The number of hydrogen-bond donors (Lipinski definition) is 0. The molecule has 0 spiro atoms. The van der Waals surface area contributed by atoms with Crippen LogP contribution in [0.2, 0.25) is 0 Å². The second-order valence-electron chi connectivity index (χ2n) is 6.78. The molecular weight excluding hydrogens is 282 g/mol. The molecule has 0 bridgehead atoms. The fraction of sp³-hybridized carbons (Fsp3) is 0.381. The molecule has 2 nitrogen and oxygen atoms in total. The predicted molar refractivity (Wildman–Crippen MR) is 98.0 cm³/mol. The van der Waals surface area contributed by atoms with Gasteiger partial charge >= 0.3 is 0 Å². The Kier molecular flexibility index (Phi) is 5.59. The van der Waals surface area contributed by atoms with Crippen LogP contribution in [0.15, 0.2) is 54.6 Å². The van der Waals surface area contributed by atoms with Crippen LogP contribution < -0.4 is 4.90 Å². The van der Waals surface area contributed by atoms with E-state index >= 15 is 0 Å². The van der Waals surface area contributed by atoms with E-state index in [0.717, 1.165) is 24.1 Å². The Balaban J connectivity index is 2.25. The molecular formula is C21H27NO. The molecule has 2 heteroatoms. The standard InChI is InChI=1S/C21H27NO/c1-5-21(3,4)16-17-11-10-12-18(15-17)20(23)22(6-2)19-13-8-7-9-14-19/h7-15H,5-6,16H2,1-4H3. The van der Waals surface area contributed by atoms with Crippen LogP contribution in [0.3, 0.4) is 0 Å². The molecule has 1 amide bonds. The highest BCUT2D eigenvalue weighted by molar-refractivity contribution is 6.06. The van der Waals surface area contributed by atoms with Crippen LogP contribution in [0.25, 0.3) is 0 Å². The average Bonchev–Trinajstić information content (AvgIpc) is 2.56. The van der Waals surface area contributed by atoms with Gasteiger partial charge in [0.05, 0.1) is 0 Å². The van der Waals surface area contributed by atoms with Crippen molar-refractivity contribution in [3.8, 4) is 0 Å². The summed E-state index contributed by atoms with van der Waals surface area (Å²) in [7, 11) is 0. The quantitative estimate of drug-likeness (QED) is 0.706. The lowest BCUT2D eigenvalue weighted by Gasteiger charge is -2.24. The van der Waals surface area contributed by atoms with Crippen LogP contribution in [-0.2, 0) is 6.42 Å². The van der Waals surface area contributed by atoms with Crippen LogP contribution in [0, 0.1) is 5.41 Å². The molecule has 2 rings (SSSR count). The van der Waals surface area contributed by atoms with Crippen molar-refractivity contribution < 1.29 is 4.79 Å². The SMILES string of the molecule is CCN(C(=O)c1cccc(CC(C)(C)CC)c1)c1ccccc1. The number of rotatable bonds is 6. The van der Waals surface area contributed by atoms with Crippen LogP contribution in [0.1, 0.15) is 50.0 Å². The van der Waals surface area contributed by atoms with Crippen molar-refractivity contribution in [2.24, 2.45) is 5.41 Å². The smallest absolute Gasteiger partial charge is 0.258 e. The number of anilines is 1. The number of para-hydroxylation sites is 1. The third-order valence-corrected chi connectivity index (χ3v) is 4.44. The zero-order chi connectivity index (χ0) is 16.9. The maximum atomic E-state index is 12.9. The van der Waals surface area contributed by atoms with E-state index in [1.807, 2.05) is 60.4 Å². The minimum absolute atomic E-state index is 0.0647. The summed E-state index contributed by atoms with van der Waals surface area (Å²) in [5, 5.41) is 0. The summed E-state index contributed by atoms with van der Waals surface area (Å²) in [5.41, 5.74) is 3.19. The van der Waals surface area contributed by atoms with E-state index in [2.05, 4.69) is 26.8 Å². The van der Waals surface area contributed by atoms with Gasteiger partial charge in [0.1, 0.15) is 0 Å². The van der Waals surface area contributed by atoms with Crippen molar-refractivity contribution in [3.63, 3.8) is 0 Å². The number of amides is 1. The van der Waals surface area contributed by atoms with Gasteiger partial charge in [-0.05, 0) is 48.6 Å². The van der Waals surface area contributed by atoms with Crippen molar-refractivity contribution in [1.29, 1.82) is 0 Å². The summed E-state index contributed by atoms with van der Waals surface area (Å²) in [4.78, 5) is 14.7. The molecule has 0 aliphatic carbocycles. The van der Waals surface area contributed by atoms with E-state index in [1.165, 1.54) is 5.56 Å². The summed E-state index contributed by atoms with van der Waals surface area (Å²) in [6.45, 7) is 9.42. The van der Waals surface area contributed by atoms with Crippen LogP contribution in [0.5, 0.6) is 0 Å². The first-order valence-corrected chi connectivity index (χ1v) is 8.42. The van der Waals surface area contributed by atoms with E-state index < -0.39 is 0 Å². The molecule has 122 valence electrons. The molecule has 0 N–H and O–H groups in total. The number of benzene rings is 2. The summed E-state index contributed by atoms with van der Waals surface area (Å²) in [6.07, 6.45) is 2.11. The van der Waals surface area contributed by atoms with Gasteiger partial charge in [0.2, 0.25) is 0 Å². The van der Waals surface area contributed by atoms with Crippen LogP contribution in [-0.4, -0.2) is 12.5 Å². The minimum atomic E-state index is 0.0647. The number of hydrogen-bond acceptors (Lipinski definition) is 1. The highest BCUT2D eigenvalue weighted by atomic mass is 16.2. The predicted octanol–water partition coefficient (Wildman–Crippen LogP) is 5.33. The van der Waals surface area contributed by atoms with Crippen molar-refractivity contribution in [3.05, 3.63) is 65.7 Å². The largest absolute Gasteiger partial charge is 0.309 e. The van der Waals surface area contributed by atoms with Crippen molar-refractivity contribution in [1.82, 2.24) is 0 Å². The minimum Gasteiger partial charge on any atom is -0.309 e. The fourth-order valence-electron chi connectivity index (χ4n) is 2.70. The topological polar surface area (TPSA) is 20.3 Å². The van der Waals surface area contributed by atoms with E-state index in [9.17, 15) is 4.79 Å². The summed E-state index contributed by atoms with van der Waals surface area (Å²) in [5.74, 6) is 0.0647. The van der Waals surface area contributed by atoms with E-state index in [4.69, 9.17) is 0 Å². The Bertz CT molecular complexity index is 646. The van der Waals surface area contributed by atoms with Gasteiger partial charge in [-0.15, -0.1) is 0 Å². The third-order valence-electron chi connectivity index (χ3n) is 4.44. The zero-order valence-electron chi connectivity index (χ0n) is 14.7. The third kappa shape index (κ3) is 4.44. The van der Waals surface area contributed by atoms with Gasteiger partial charge in [0, 0.05) is 17.8 Å². The maximum Gasteiger partial charge on any atom is 0.258 e. The second-order valence-corrected chi connectivity index (χ2v) is 6.78. The summed E-state index contributed by atoms with van der Waals surface area (Å²) < 4.78 is 0. The van der Waals surface area contributed by atoms with Crippen LogP contribution >= 0.6 is 0 Å². The lowest BCUT2D eigenvalue weighted by atomic mass is 9.83. The molecule has 0 aromatic heterocycles. The highest BCUT2D eigenvalue weighted by Crippen LogP contribution is 2.26. The van der Waals surface area contributed by atoms with Gasteiger partial charge in [0.25, 0.3) is 5.91 Å². The maximum absolute atomic E-state index is 12.9. The number of nitrogens with zero attached hydrogens (tertiary/aromatic N) is 1. The monoisotopic (exact) mass is 309 g/mol. The first kappa shape index (κ1) is 17.3. The summed E-state index contributed by atoms with van der Waals surface area (Å²) >= 11 is 0. The first-order chi connectivity index (χ1) is 11.0. The number of carbonyl (C=O) groups is 1. The van der Waals surface area contributed by atoms with Crippen LogP contribution in [0.4, 0.5) is 5.69 Å². The molecule has 0 unspecified atom stereocenters. The van der Waals surface area contributed by atoms with E-state index in [0.29, 0.717) is 6.54 Å². The highest BCUT2D eigenvalue weighted by Gasteiger charge is 2.19. The molecule has 0 saturated heterocycles. The van der Waals surface area contributed by atoms with Crippen molar-refractivity contribution >= 4 is 11.6 Å². The molecule has 0 heterocycles. The fourth-order valence-corrected chi connectivity index (χ4v) is 2.70. The lowest BCUT2D eigenvalue weighted by molar-refractivity contribution is 0.0988. The Labute approximate surface area is 140 Å². The molecule has 2 aromatic carbocycles. The normalized spacial score (nSPS) is 11.3. The average molecular weight is 309 g/mol. The molecule has 0 fully saturated rings. The van der Waals surface area contributed by atoms with Gasteiger partial charge in [-0.2, -0.15) is 0 Å². The molecule has 0 aliphatic heterocycles. The molecule has 0 radical (unpaired) electrons. The van der Waals surface area contributed by atoms with Crippen molar-refractivity contribution in [2.45, 2.75) is 40.5 Å². The Hall–Kier alpha value is -2.09. The molecule has 0 aliphatic rings. The van der Waals surface area contributed by atoms with E-state index in [1.54, 1.807) is 0 Å². The van der Waals surface area contributed by atoms with Gasteiger partial charge in [-0.1, -0.05) is 57.5 Å². The lowest BCUT2D eigenvalue weighted by Crippen LogP contribution is -2.30. The Morgan fingerprint density at radius 3 is 2.30 bits per heavy atom. The van der Waals surface area contributed by atoms with Crippen molar-refractivity contribution in [2.75, 3.05) is 11.4 Å². The van der Waals surface area contributed by atoms with Gasteiger partial charge in [-0.3, -0.25) is 4.79 Å². The molecule has 23 heavy (non-hydrogen) atoms. The molecule has 2 aromatic rings. The zero-order valence-corrected chi connectivity index (χ0v) is 14.7. The van der Waals surface area contributed by atoms with Gasteiger partial charge < -0.3 is 4.90 Å². The first-order valence-electron chi connectivity index (χ1n) is 8.42. The van der Waals surface area contributed by atoms with Gasteiger partial charge in [0.15, 0.2) is 0 Å². The Morgan fingerprint density at radius 2 is 1.70 bits per heavy atom.